The van der Waals surface area contributed by atoms with E-state index in [2.05, 4.69) is 31.5 Å². The number of amides is 2. The molecule has 0 spiro atoms. The minimum absolute atomic E-state index is 0. The third-order valence-corrected chi connectivity index (χ3v) is 4.33. The van der Waals surface area contributed by atoms with Crippen molar-refractivity contribution in [1.82, 2.24) is 15.6 Å². The lowest BCUT2D eigenvalue weighted by Crippen LogP contribution is -2.34. The Labute approximate surface area is 158 Å². The normalized spacial score (nSPS) is 9.92. The summed E-state index contributed by atoms with van der Waals surface area (Å²) < 4.78 is 0.843. The molecule has 1 aromatic carbocycles. The molecular weight excluding hydrogens is 416 g/mol. The van der Waals surface area contributed by atoms with Crippen LogP contribution in [0.5, 0.6) is 0 Å². The summed E-state index contributed by atoms with van der Waals surface area (Å²) in [6.07, 6.45) is 0.667. The van der Waals surface area contributed by atoms with Crippen molar-refractivity contribution in [3.05, 3.63) is 50.4 Å². The second-order valence-corrected chi connectivity index (χ2v) is 6.55. The molecule has 2 aromatic rings. The fraction of sp³-hybridized carbons (Fsp3) is 0.267. The molecule has 0 radical (unpaired) electrons. The Bertz CT molecular complexity index is 696. The lowest BCUT2D eigenvalue weighted by molar-refractivity contribution is 0.0925. The quantitative estimate of drug-likeness (QED) is 0.582. The van der Waals surface area contributed by atoms with Gasteiger partial charge in [0.2, 0.25) is 0 Å². The Balaban J connectivity index is 0.00000288. The molecule has 0 aliphatic rings. The number of nitrogens with two attached hydrogens (primary N) is 1. The predicted octanol–water partition coefficient (Wildman–Crippen LogP) is 1.99. The number of rotatable bonds is 7. The van der Waals surface area contributed by atoms with Crippen LogP contribution in [0.3, 0.4) is 0 Å². The van der Waals surface area contributed by atoms with E-state index in [1.54, 1.807) is 23.6 Å². The zero-order chi connectivity index (χ0) is 16.7. The first-order chi connectivity index (χ1) is 11.1. The molecule has 24 heavy (non-hydrogen) atoms. The van der Waals surface area contributed by atoms with Crippen molar-refractivity contribution >= 4 is 51.5 Å². The Morgan fingerprint density at radius 1 is 1.21 bits per heavy atom. The Hall–Kier alpha value is -1.48. The van der Waals surface area contributed by atoms with Crippen molar-refractivity contribution in [2.75, 3.05) is 19.6 Å². The van der Waals surface area contributed by atoms with Crippen molar-refractivity contribution in [2.24, 2.45) is 5.73 Å². The highest BCUT2D eigenvalue weighted by Gasteiger charge is 2.10. The molecule has 0 saturated heterocycles. The van der Waals surface area contributed by atoms with Crippen molar-refractivity contribution in [2.45, 2.75) is 6.42 Å². The lowest BCUT2D eigenvalue weighted by atomic mass is 10.2. The fourth-order valence-electron chi connectivity index (χ4n) is 1.83. The van der Waals surface area contributed by atoms with Crippen molar-refractivity contribution < 1.29 is 9.59 Å². The minimum atomic E-state index is -0.249. The molecule has 1 heterocycles. The zero-order valence-electron chi connectivity index (χ0n) is 12.8. The number of halogens is 2. The summed E-state index contributed by atoms with van der Waals surface area (Å²) in [4.78, 5) is 28.0. The third-order valence-electron chi connectivity index (χ3n) is 2.93. The fourth-order valence-corrected chi connectivity index (χ4v) is 3.02. The Morgan fingerprint density at radius 3 is 2.58 bits per heavy atom. The number of nitrogens with zero attached hydrogens (tertiary/aromatic N) is 1. The van der Waals surface area contributed by atoms with E-state index in [4.69, 9.17) is 5.73 Å². The largest absolute Gasteiger partial charge is 0.350 e. The Morgan fingerprint density at radius 2 is 1.92 bits per heavy atom. The van der Waals surface area contributed by atoms with E-state index < -0.39 is 0 Å². The predicted molar refractivity (Wildman–Crippen MR) is 101 cm³/mol. The van der Waals surface area contributed by atoms with E-state index in [9.17, 15) is 9.59 Å². The average molecular weight is 434 g/mol. The van der Waals surface area contributed by atoms with Crippen LogP contribution in [-0.2, 0) is 6.42 Å². The summed E-state index contributed by atoms with van der Waals surface area (Å²) >= 11 is 4.74. The van der Waals surface area contributed by atoms with Gasteiger partial charge in [-0.25, -0.2) is 4.98 Å². The third kappa shape index (κ3) is 6.20. The molecule has 0 unspecified atom stereocenters. The van der Waals surface area contributed by atoms with Crippen molar-refractivity contribution in [3.63, 3.8) is 0 Å². The number of thiazole rings is 1. The van der Waals surface area contributed by atoms with Gasteiger partial charge in [0.25, 0.3) is 11.8 Å². The van der Waals surface area contributed by atoms with Crippen molar-refractivity contribution in [3.8, 4) is 0 Å². The van der Waals surface area contributed by atoms with E-state index in [1.807, 2.05) is 6.07 Å². The molecule has 1 aromatic heterocycles. The van der Waals surface area contributed by atoms with Gasteiger partial charge in [-0.3, -0.25) is 9.59 Å². The first kappa shape index (κ1) is 20.6. The second-order valence-electron chi connectivity index (χ2n) is 4.69. The van der Waals surface area contributed by atoms with Gasteiger partial charge in [0.1, 0.15) is 5.69 Å². The summed E-state index contributed by atoms with van der Waals surface area (Å²) in [5.74, 6) is -0.430. The molecule has 2 rings (SSSR count). The summed E-state index contributed by atoms with van der Waals surface area (Å²) in [5.41, 5.74) is 6.40. The number of carbonyl (C=O) groups is 2. The van der Waals surface area contributed by atoms with Crippen LogP contribution in [0, 0.1) is 0 Å². The van der Waals surface area contributed by atoms with Crippen LogP contribution < -0.4 is 16.4 Å². The molecule has 2 amide bonds. The smallest absolute Gasteiger partial charge is 0.270 e. The maximum absolute atomic E-state index is 11.9. The molecule has 6 nitrogen and oxygen atoms in total. The number of benzene rings is 1. The summed E-state index contributed by atoms with van der Waals surface area (Å²) in [7, 11) is 0. The molecule has 0 bridgehead atoms. The SMILES string of the molecule is Cl.NCCc1nc(C(=O)NCCNC(=O)c2cccc(Br)c2)cs1. The van der Waals surface area contributed by atoms with Crippen LogP contribution in [0.15, 0.2) is 34.1 Å². The topological polar surface area (TPSA) is 97.1 Å². The van der Waals surface area contributed by atoms with Gasteiger partial charge in [-0.05, 0) is 24.7 Å². The van der Waals surface area contributed by atoms with Gasteiger partial charge in [-0.15, -0.1) is 23.7 Å². The standard InChI is InChI=1S/C15H17BrN4O2S.ClH/c16-11-3-1-2-10(8-11)14(21)18-6-7-19-15(22)12-9-23-13(20-12)4-5-17;/h1-3,8-9H,4-7,17H2,(H,18,21)(H,19,22);1H. The van der Waals surface area contributed by atoms with Gasteiger partial charge >= 0.3 is 0 Å². The molecule has 130 valence electrons. The summed E-state index contributed by atoms with van der Waals surface area (Å²) in [6, 6.07) is 7.11. The van der Waals surface area contributed by atoms with Gasteiger partial charge in [0.15, 0.2) is 0 Å². The second kappa shape index (κ2) is 10.4. The maximum Gasteiger partial charge on any atom is 0.270 e. The van der Waals surface area contributed by atoms with Crippen LogP contribution in [0.25, 0.3) is 0 Å². The van der Waals surface area contributed by atoms with Crippen LogP contribution in [0.1, 0.15) is 25.9 Å². The van der Waals surface area contributed by atoms with Crippen LogP contribution in [0.2, 0.25) is 0 Å². The number of carbonyl (C=O) groups excluding carboxylic acids is 2. The van der Waals surface area contributed by atoms with Gasteiger partial charge in [0.05, 0.1) is 5.01 Å². The first-order valence-electron chi connectivity index (χ1n) is 7.06. The highest BCUT2D eigenvalue weighted by Crippen LogP contribution is 2.11. The van der Waals surface area contributed by atoms with Crippen LogP contribution in [-0.4, -0.2) is 36.4 Å². The van der Waals surface area contributed by atoms with E-state index in [-0.39, 0.29) is 24.2 Å². The van der Waals surface area contributed by atoms with E-state index in [0.29, 0.717) is 37.3 Å². The molecule has 9 heteroatoms. The number of hydrogen-bond donors (Lipinski definition) is 3. The molecular formula is C15H18BrClN4O2S. The van der Waals surface area contributed by atoms with Gasteiger partial charge in [-0.2, -0.15) is 0 Å². The number of hydrogen-bond acceptors (Lipinski definition) is 5. The first-order valence-corrected chi connectivity index (χ1v) is 8.74. The zero-order valence-corrected chi connectivity index (χ0v) is 16.0. The molecule has 0 aliphatic carbocycles. The summed E-state index contributed by atoms with van der Waals surface area (Å²) in [6.45, 7) is 1.19. The monoisotopic (exact) mass is 432 g/mol. The van der Waals surface area contributed by atoms with Crippen LogP contribution in [0.4, 0.5) is 0 Å². The molecule has 0 saturated carbocycles. The summed E-state index contributed by atoms with van der Waals surface area (Å²) in [5, 5.41) is 8.03. The average Bonchev–Trinajstić information content (AvgIpc) is 3.00. The minimum Gasteiger partial charge on any atom is -0.350 e. The molecule has 0 fully saturated rings. The number of nitrogens with one attached hydrogen (secondary N) is 2. The maximum atomic E-state index is 11.9. The number of aromatic nitrogens is 1. The van der Waals surface area contributed by atoms with Gasteiger partial charge in [-0.1, -0.05) is 22.0 Å². The van der Waals surface area contributed by atoms with E-state index >= 15 is 0 Å². The van der Waals surface area contributed by atoms with E-state index in [1.165, 1.54) is 11.3 Å². The van der Waals surface area contributed by atoms with Crippen LogP contribution >= 0.6 is 39.7 Å². The highest BCUT2D eigenvalue weighted by atomic mass is 79.9. The lowest BCUT2D eigenvalue weighted by Gasteiger charge is -2.06. The molecule has 4 N–H and O–H groups in total. The molecule has 0 atom stereocenters. The highest BCUT2D eigenvalue weighted by molar-refractivity contribution is 9.10. The van der Waals surface area contributed by atoms with Gasteiger partial charge < -0.3 is 16.4 Å². The van der Waals surface area contributed by atoms with Crippen molar-refractivity contribution in [1.29, 1.82) is 0 Å². The van der Waals surface area contributed by atoms with Gasteiger partial charge in [0, 0.05) is 34.9 Å². The molecule has 0 aliphatic heterocycles. The van der Waals surface area contributed by atoms with E-state index in [0.717, 1.165) is 9.48 Å². The Kier molecular flexibility index (Phi) is 8.91.